The Bertz CT molecular complexity index is 114. The zero-order valence-corrected chi connectivity index (χ0v) is 8.01. The van der Waals surface area contributed by atoms with Gasteiger partial charge in [0.1, 0.15) is 0 Å². The summed E-state index contributed by atoms with van der Waals surface area (Å²) in [5.41, 5.74) is 0. The average molecular weight is 156 g/mol. The lowest BCUT2D eigenvalue weighted by atomic mass is 10.2. The standard InChI is InChI=1S/C9H20N2/c1-4-5-9(2)11-7-6-10(3)8-11/h9H,4-8H2,1-3H3. The summed E-state index contributed by atoms with van der Waals surface area (Å²) in [4.78, 5) is 4.94. The van der Waals surface area contributed by atoms with Gasteiger partial charge in [-0.1, -0.05) is 13.3 Å². The van der Waals surface area contributed by atoms with E-state index in [4.69, 9.17) is 0 Å². The minimum atomic E-state index is 0.782. The highest BCUT2D eigenvalue weighted by atomic mass is 15.4. The van der Waals surface area contributed by atoms with Crippen molar-refractivity contribution in [1.29, 1.82) is 0 Å². The minimum absolute atomic E-state index is 0.782. The van der Waals surface area contributed by atoms with Crippen molar-refractivity contribution in [3.05, 3.63) is 0 Å². The van der Waals surface area contributed by atoms with Gasteiger partial charge in [-0.05, 0) is 20.4 Å². The summed E-state index contributed by atoms with van der Waals surface area (Å²) in [7, 11) is 2.19. The van der Waals surface area contributed by atoms with E-state index >= 15 is 0 Å². The van der Waals surface area contributed by atoms with Crippen molar-refractivity contribution < 1.29 is 0 Å². The molecule has 0 amide bonds. The fourth-order valence-corrected chi connectivity index (χ4v) is 1.71. The normalized spacial score (nSPS) is 24.3. The Labute approximate surface area is 70.2 Å². The summed E-state index contributed by atoms with van der Waals surface area (Å²) in [6, 6.07) is 0.782. The Hall–Kier alpha value is -0.0800. The van der Waals surface area contributed by atoms with Gasteiger partial charge in [0.15, 0.2) is 0 Å². The van der Waals surface area contributed by atoms with Crippen molar-refractivity contribution in [2.75, 3.05) is 26.8 Å². The molecular weight excluding hydrogens is 136 g/mol. The van der Waals surface area contributed by atoms with Crippen molar-refractivity contribution in [2.45, 2.75) is 32.7 Å². The van der Waals surface area contributed by atoms with Crippen molar-refractivity contribution in [1.82, 2.24) is 9.80 Å². The molecule has 1 fully saturated rings. The maximum atomic E-state index is 2.56. The number of hydrogen-bond donors (Lipinski definition) is 0. The summed E-state index contributed by atoms with van der Waals surface area (Å²) < 4.78 is 0. The molecule has 66 valence electrons. The van der Waals surface area contributed by atoms with Gasteiger partial charge in [0.25, 0.3) is 0 Å². The van der Waals surface area contributed by atoms with Crippen LogP contribution in [0.3, 0.4) is 0 Å². The van der Waals surface area contributed by atoms with Crippen LogP contribution in [0, 0.1) is 0 Å². The molecule has 1 aliphatic heterocycles. The van der Waals surface area contributed by atoms with Crippen LogP contribution < -0.4 is 0 Å². The van der Waals surface area contributed by atoms with Crippen LogP contribution in [0.25, 0.3) is 0 Å². The van der Waals surface area contributed by atoms with Crippen molar-refractivity contribution in [3.63, 3.8) is 0 Å². The third kappa shape index (κ3) is 2.46. The third-order valence-corrected chi connectivity index (χ3v) is 2.52. The summed E-state index contributed by atoms with van der Waals surface area (Å²) in [5.74, 6) is 0. The molecule has 0 radical (unpaired) electrons. The van der Waals surface area contributed by atoms with Gasteiger partial charge in [0, 0.05) is 19.1 Å². The second-order valence-corrected chi connectivity index (χ2v) is 3.67. The van der Waals surface area contributed by atoms with E-state index in [0.717, 1.165) is 6.04 Å². The van der Waals surface area contributed by atoms with Crippen molar-refractivity contribution in [2.24, 2.45) is 0 Å². The summed E-state index contributed by atoms with van der Waals surface area (Å²) in [6.07, 6.45) is 2.65. The summed E-state index contributed by atoms with van der Waals surface area (Å²) in [5, 5.41) is 0. The molecule has 1 aliphatic rings. The van der Waals surface area contributed by atoms with Crippen LogP contribution in [0.5, 0.6) is 0 Å². The lowest BCUT2D eigenvalue weighted by molar-refractivity contribution is 0.208. The summed E-state index contributed by atoms with van der Waals surface area (Å²) in [6.45, 7) is 8.27. The Morgan fingerprint density at radius 3 is 2.55 bits per heavy atom. The average Bonchev–Trinajstić information content (AvgIpc) is 2.36. The van der Waals surface area contributed by atoms with Gasteiger partial charge in [-0.15, -0.1) is 0 Å². The molecule has 0 aromatic heterocycles. The van der Waals surface area contributed by atoms with Gasteiger partial charge >= 0.3 is 0 Å². The van der Waals surface area contributed by atoms with E-state index in [-0.39, 0.29) is 0 Å². The zero-order chi connectivity index (χ0) is 8.27. The van der Waals surface area contributed by atoms with Gasteiger partial charge in [-0.3, -0.25) is 9.80 Å². The maximum absolute atomic E-state index is 2.56. The van der Waals surface area contributed by atoms with Crippen LogP contribution in [0.15, 0.2) is 0 Å². The van der Waals surface area contributed by atoms with E-state index in [0.29, 0.717) is 0 Å². The molecule has 0 aliphatic carbocycles. The van der Waals surface area contributed by atoms with Crippen LogP contribution >= 0.6 is 0 Å². The highest BCUT2D eigenvalue weighted by Crippen LogP contribution is 2.10. The Kier molecular flexibility index (Phi) is 3.34. The lowest BCUT2D eigenvalue weighted by Crippen LogP contribution is -2.31. The Balaban J connectivity index is 2.25. The van der Waals surface area contributed by atoms with Crippen LogP contribution in [-0.2, 0) is 0 Å². The number of hydrogen-bond acceptors (Lipinski definition) is 2. The minimum Gasteiger partial charge on any atom is -0.292 e. The predicted molar refractivity (Wildman–Crippen MR) is 48.6 cm³/mol. The second-order valence-electron chi connectivity index (χ2n) is 3.67. The molecule has 1 unspecified atom stereocenters. The molecule has 1 rings (SSSR count). The smallest absolute Gasteiger partial charge is 0.0507 e. The largest absolute Gasteiger partial charge is 0.292 e. The number of likely N-dealkylation sites (N-methyl/N-ethyl adjacent to an activating group) is 1. The fraction of sp³-hybridized carbons (Fsp3) is 1.00. The SMILES string of the molecule is CCCC(C)N1CCN(C)C1. The molecule has 1 heterocycles. The monoisotopic (exact) mass is 156 g/mol. The first kappa shape index (κ1) is 9.01. The fourth-order valence-electron chi connectivity index (χ4n) is 1.71. The van der Waals surface area contributed by atoms with Crippen molar-refractivity contribution >= 4 is 0 Å². The molecule has 0 aromatic rings. The van der Waals surface area contributed by atoms with E-state index in [1.165, 1.54) is 32.6 Å². The number of rotatable bonds is 3. The lowest BCUT2D eigenvalue weighted by Gasteiger charge is -2.23. The van der Waals surface area contributed by atoms with Gasteiger partial charge in [-0.2, -0.15) is 0 Å². The van der Waals surface area contributed by atoms with E-state index in [1.807, 2.05) is 0 Å². The first-order chi connectivity index (χ1) is 5.24. The topological polar surface area (TPSA) is 6.48 Å². The first-order valence-corrected chi connectivity index (χ1v) is 4.66. The first-order valence-electron chi connectivity index (χ1n) is 4.66. The third-order valence-electron chi connectivity index (χ3n) is 2.52. The quantitative estimate of drug-likeness (QED) is 0.609. The van der Waals surface area contributed by atoms with Gasteiger partial charge < -0.3 is 0 Å². The highest BCUT2D eigenvalue weighted by Gasteiger charge is 2.20. The Morgan fingerprint density at radius 2 is 2.09 bits per heavy atom. The van der Waals surface area contributed by atoms with E-state index in [9.17, 15) is 0 Å². The van der Waals surface area contributed by atoms with E-state index < -0.39 is 0 Å². The molecule has 0 spiro atoms. The molecular formula is C9H20N2. The van der Waals surface area contributed by atoms with E-state index in [2.05, 4.69) is 30.7 Å². The van der Waals surface area contributed by atoms with Crippen LogP contribution in [0.1, 0.15) is 26.7 Å². The molecule has 0 N–H and O–H groups in total. The molecule has 0 bridgehead atoms. The summed E-state index contributed by atoms with van der Waals surface area (Å²) >= 11 is 0. The van der Waals surface area contributed by atoms with Crippen LogP contribution in [-0.4, -0.2) is 42.6 Å². The van der Waals surface area contributed by atoms with Gasteiger partial charge in [-0.25, -0.2) is 0 Å². The molecule has 2 heteroatoms. The van der Waals surface area contributed by atoms with Crippen LogP contribution in [0.4, 0.5) is 0 Å². The number of nitrogens with zero attached hydrogens (tertiary/aromatic N) is 2. The van der Waals surface area contributed by atoms with Crippen molar-refractivity contribution in [3.8, 4) is 0 Å². The maximum Gasteiger partial charge on any atom is 0.0507 e. The van der Waals surface area contributed by atoms with Gasteiger partial charge in [0.2, 0.25) is 0 Å². The molecule has 11 heavy (non-hydrogen) atoms. The van der Waals surface area contributed by atoms with Crippen LogP contribution in [0.2, 0.25) is 0 Å². The molecule has 2 nitrogen and oxygen atoms in total. The van der Waals surface area contributed by atoms with E-state index in [1.54, 1.807) is 0 Å². The molecule has 0 aromatic carbocycles. The Morgan fingerprint density at radius 1 is 1.36 bits per heavy atom. The molecule has 0 saturated carbocycles. The zero-order valence-electron chi connectivity index (χ0n) is 8.01. The molecule has 1 atom stereocenters. The second kappa shape index (κ2) is 4.07. The predicted octanol–water partition coefficient (Wildman–Crippen LogP) is 1.38. The van der Waals surface area contributed by atoms with Gasteiger partial charge in [0.05, 0.1) is 6.67 Å². The molecule has 1 saturated heterocycles. The highest BCUT2D eigenvalue weighted by molar-refractivity contribution is 4.73.